The van der Waals surface area contributed by atoms with E-state index in [1.54, 1.807) is 0 Å². The Hall–Kier alpha value is -0.240. The summed E-state index contributed by atoms with van der Waals surface area (Å²) >= 11 is 2.08. The molecule has 0 aromatic carbocycles. The molecule has 0 spiro atoms. The van der Waals surface area contributed by atoms with Crippen molar-refractivity contribution in [3.8, 4) is 0 Å². The number of rotatable bonds is 1. The molecule has 4 aliphatic rings. The van der Waals surface area contributed by atoms with E-state index in [0.29, 0.717) is 16.6 Å². The third-order valence-corrected chi connectivity index (χ3v) is 9.13. The summed E-state index contributed by atoms with van der Waals surface area (Å²) in [5.74, 6) is 3.05. The van der Waals surface area contributed by atoms with Gasteiger partial charge in [0.15, 0.2) is 5.78 Å². The topological polar surface area (TPSA) is 17.1 Å². The number of fused-ring (bicyclic) bond motifs is 5. The van der Waals surface area contributed by atoms with Crippen LogP contribution in [0.25, 0.3) is 0 Å². The fourth-order valence-corrected chi connectivity index (χ4v) is 7.77. The predicted molar refractivity (Wildman–Crippen MR) is 94.0 cm³/mol. The molecule has 3 saturated carbocycles. The van der Waals surface area contributed by atoms with Gasteiger partial charge in [-0.25, -0.2) is 0 Å². The Bertz CT molecular complexity index is 524. The molecule has 4 rings (SSSR count). The van der Waals surface area contributed by atoms with Crippen molar-refractivity contribution in [3.63, 3.8) is 0 Å². The largest absolute Gasteiger partial charge is 0.295 e. The van der Waals surface area contributed by atoms with E-state index in [2.05, 4.69) is 31.9 Å². The van der Waals surface area contributed by atoms with Gasteiger partial charge < -0.3 is 0 Å². The van der Waals surface area contributed by atoms with Crippen LogP contribution in [-0.2, 0) is 4.79 Å². The number of hydrogen-bond donors (Lipinski definition) is 0. The van der Waals surface area contributed by atoms with E-state index >= 15 is 0 Å². The first-order chi connectivity index (χ1) is 10.5. The summed E-state index contributed by atoms with van der Waals surface area (Å²) in [5, 5.41) is 0.748. The molecule has 1 unspecified atom stereocenters. The molecule has 0 aromatic heterocycles. The van der Waals surface area contributed by atoms with Gasteiger partial charge in [0.2, 0.25) is 0 Å². The molecule has 0 bridgehead atoms. The molecule has 2 heteroatoms. The normalized spacial score (nSPS) is 50.9. The van der Waals surface area contributed by atoms with Gasteiger partial charge in [-0.05, 0) is 79.4 Å². The van der Waals surface area contributed by atoms with Crippen LogP contribution >= 0.6 is 11.8 Å². The average molecular weight is 319 g/mol. The molecule has 0 aliphatic heterocycles. The Morgan fingerprint density at radius 1 is 1.14 bits per heavy atom. The molecule has 0 heterocycles. The molecule has 1 nitrogen and oxygen atoms in total. The Kier molecular flexibility index (Phi) is 3.57. The molecule has 0 radical (unpaired) electrons. The molecule has 22 heavy (non-hydrogen) atoms. The lowest BCUT2D eigenvalue weighted by Crippen LogP contribution is -2.53. The first-order valence-electron chi connectivity index (χ1n) is 9.25. The van der Waals surface area contributed by atoms with Crippen LogP contribution in [0.3, 0.4) is 0 Å². The van der Waals surface area contributed by atoms with Gasteiger partial charge in [0, 0.05) is 11.7 Å². The molecular weight excluding hydrogens is 288 g/mol. The SMILES string of the molecule is CSC1CC2=CC(=O)CC[C@]2(C)[C@H]2CC[C@]3(C)CCC[C@H]3[C@H]12. The summed E-state index contributed by atoms with van der Waals surface area (Å²) in [7, 11) is 0. The fraction of sp³-hybridized carbons (Fsp3) is 0.850. The van der Waals surface area contributed by atoms with Crippen LogP contribution in [-0.4, -0.2) is 17.3 Å². The quantitative estimate of drug-likeness (QED) is 0.657. The highest BCUT2D eigenvalue weighted by Gasteiger charge is 2.58. The van der Waals surface area contributed by atoms with Crippen LogP contribution in [0.15, 0.2) is 11.6 Å². The van der Waals surface area contributed by atoms with Crippen LogP contribution in [0.5, 0.6) is 0 Å². The van der Waals surface area contributed by atoms with Gasteiger partial charge in [0.05, 0.1) is 0 Å². The standard InChI is InChI=1S/C20H30OS/c1-19-8-4-5-15(19)18-16(7-9-19)20(2)10-6-14(21)11-13(20)12-17(18)22-3/h11,15-18H,4-10,12H2,1-3H3/t15-,16-,17?,18-,19-,20-/m0/s1. The van der Waals surface area contributed by atoms with Gasteiger partial charge in [-0.2, -0.15) is 11.8 Å². The van der Waals surface area contributed by atoms with Crippen LogP contribution < -0.4 is 0 Å². The van der Waals surface area contributed by atoms with Crippen LogP contribution in [0, 0.1) is 28.6 Å². The van der Waals surface area contributed by atoms with Crippen molar-refractivity contribution in [3.05, 3.63) is 11.6 Å². The summed E-state index contributed by atoms with van der Waals surface area (Å²) in [4.78, 5) is 12.0. The molecule has 0 saturated heterocycles. The minimum absolute atomic E-state index is 0.328. The molecule has 122 valence electrons. The van der Waals surface area contributed by atoms with Crippen molar-refractivity contribution in [2.45, 2.75) is 70.5 Å². The van der Waals surface area contributed by atoms with E-state index < -0.39 is 0 Å². The van der Waals surface area contributed by atoms with E-state index in [4.69, 9.17) is 0 Å². The van der Waals surface area contributed by atoms with Gasteiger partial charge in [0.25, 0.3) is 0 Å². The maximum atomic E-state index is 12.0. The second-order valence-corrected chi connectivity index (χ2v) is 9.98. The zero-order chi connectivity index (χ0) is 15.5. The van der Waals surface area contributed by atoms with Crippen molar-refractivity contribution in [2.24, 2.45) is 28.6 Å². The van der Waals surface area contributed by atoms with Crippen LogP contribution in [0.4, 0.5) is 0 Å². The zero-order valence-corrected chi connectivity index (χ0v) is 15.2. The number of carbonyl (C=O) groups is 1. The number of carbonyl (C=O) groups excluding carboxylic acids is 1. The third kappa shape index (κ3) is 2.01. The third-order valence-electron chi connectivity index (χ3n) is 8.04. The Morgan fingerprint density at radius 3 is 2.73 bits per heavy atom. The van der Waals surface area contributed by atoms with Crippen LogP contribution in [0.2, 0.25) is 0 Å². The first-order valence-corrected chi connectivity index (χ1v) is 10.5. The lowest BCUT2D eigenvalue weighted by molar-refractivity contribution is -0.117. The van der Waals surface area contributed by atoms with E-state index in [9.17, 15) is 4.79 Å². The van der Waals surface area contributed by atoms with Crippen molar-refractivity contribution in [1.82, 2.24) is 0 Å². The summed E-state index contributed by atoms with van der Waals surface area (Å²) in [6, 6.07) is 0. The van der Waals surface area contributed by atoms with E-state index in [1.165, 1.54) is 44.1 Å². The number of ketones is 1. The Labute approximate surface area is 139 Å². The van der Waals surface area contributed by atoms with Crippen LogP contribution in [0.1, 0.15) is 65.2 Å². The Morgan fingerprint density at radius 2 is 1.95 bits per heavy atom. The van der Waals surface area contributed by atoms with Gasteiger partial charge >= 0.3 is 0 Å². The second kappa shape index (κ2) is 5.13. The van der Waals surface area contributed by atoms with Gasteiger partial charge in [-0.3, -0.25) is 4.79 Å². The highest BCUT2D eigenvalue weighted by Crippen LogP contribution is 2.66. The van der Waals surface area contributed by atoms with Gasteiger partial charge in [-0.1, -0.05) is 25.8 Å². The fourth-order valence-electron chi connectivity index (χ4n) is 6.73. The number of thioether (sulfide) groups is 1. The molecule has 3 fully saturated rings. The predicted octanol–water partition coefficient (Wildman–Crippen LogP) is 5.25. The molecule has 6 atom stereocenters. The Balaban J connectivity index is 1.75. The highest BCUT2D eigenvalue weighted by atomic mass is 32.2. The maximum absolute atomic E-state index is 12.0. The van der Waals surface area contributed by atoms with Crippen molar-refractivity contribution < 1.29 is 4.79 Å². The average Bonchev–Trinajstić information content (AvgIpc) is 2.89. The number of allylic oxidation sites excluding steroid dienone is 1. The van der Waals surface area contributed by atoms with E-state index in [0.717, 1.165) is 35.8 Å². The molecule has 0 N–H and O–H groups in total. The molecule has 0 amide bonds. The lowest BCUT2D eigenvalue weighted by Gasteiger charge is -2.59. The lowest BCUT2D eigenvalue weighted by atomic mass is 9.47. The van der Waals surface area contributed by atoms with Gasteiger partial charge in [-0.15, -0.1) is 0 Å². The smallest absolute Gasteiger partial charge is 0.155 e. The molecule has 4 aliphatic carbocycles. The summed E-state index contributed by atoms with van der Waals surface area (Å²) in [6.07, 6.45) is 14.6. The molecule has 0 aromatic rings. The second-order valence-electron chi connectivity index (χ2n) is 8.91. The summed E-state index contributed by atoms with van der Waals surface area (Å²) < 4.78 is 0. The van der Waals surface area contributed by atoms with Crippen molar-refractivity contribution in [2.75, 3.05) is 6.26 Å². The van der Waals surface area contributed by atoms with Crippen molar-refractivity contribution >= 4 is 17.5 Å². The number of hydrogen-bond acceptors (Lipinski definition) is 2. The minimum Gasteiger partial charge on any atom is -0.295 e. The maximum Gasteiger partial charge on any atom is 0.155 e. The summed E-state index contributed by atoms with van der Waals surface area (Å²) in [6.45, 7) is 5.08. The minimum atomic E-state index is 0.328. The molecular formula is C20H30OS. The van der Waals surface area contributed by atoms with Crippen molar-refractivity contribution in [1.29, 1.82) is 0 Å². The first kappa shape index (κ1) is 15.3. The van der Waals surface area contributed by atoms with Gasteiger partial charge in [0.1, 0.15) is 0 Å². The van der Waals surface area contributed by atoms with E-state index in [-0.39, 0.29) is 0 Å². The zero-order valence-electron chi connectivity index (χ0n) is 14.4. The monoisotopic (exact) mass is 318 g/mol. The van der Waals surface area contributed by atoms with E-state index in [1.807, 2.05) is 6.08 Å². The highest BCUT2D eigenvalue weighted by molar-refractivity contribution is 7.99. The summed E-state index contributed by atoms with van der Waals surface area (Å²) in [5.41, 5.74) is 2.46.